The molecule has 1 aromatic rings. The molecule has 1 unspecified atom stereocenters. The number of unbranched alkanes of at least 4 members (excludes halogenated alkanes) is 3. The largest absolute Gasteiger partial charge is 0.377 e. The van der Waals surface area contributed by atoms with E-state index in [1.165, 1.54) is 102 Å². The molecule has 1 saturated heterocycles. The van der Waals surface area contributed by atoms with E-state index in [2.05, 4.69) is 29.6 Å². The summed E-state index contributed by atoms with van der Waals surface area (Å²) in [7, 11) is 0. The molecule has 2 heteroatoms. The first-order valence-corrected chi connectivity index (χ1v) is 11.8. The van der Waals surface area contributed by atoms with Crippen LogP contribution in [0, 0.1) is 5.92 Å². The second-order valence-corrected chi connectivity index (χ2v) is 8.86. The number of hydrogen-bond donors (Lipinski definition) is 1. The molecular formula is C25H41NO. The molecule has 1 aromatic carbocycles. The summed E-state index contributed by atoms with van der Waals surface area (Å²) in [6.07, 6.45) is 17.9. The second kappa shape index (κ2) is 12.6. The Morgan fingerprint density at radius 3 is 2.59 bits per heavy atom. The average Bonchev–Trinajstić information content (AvgIpc) is 3.00. The van der Waals surface area contributed by atoms with Gasteiger partial charge in [-0.25, -0.2) is 0 Å². The summed E-state index contributed by atoms with van der Waals surface area (Å²) in [6, 6.07) is 9.01. The molecule has 2 fully saturated rings. The first-order valence-electron chi connectivity index (χ1n) is 11.8. The van der Waals surface area contributed by atoms with Gasteiger partial charge in [0.05, 0.1) is 6.61 Å². The molecule has 0 spiro atoms. The van der Waals surface area contributed by atoms with E-state index < -0.39 is 0 Å². The summed E-state index contributed by atoms with van der Waals surface area (Å²) in [4.78, 5) is 0. The van der Waals surface area contributed by atoms with Crippen molar-refractivity contribution in [1.82, 2.24) is 5.32 Å². The van der Waals surface area contributed by atoms with Gasteiger partial charge in [-0.3, -0.25) is 0 Å². The normalized spacial score (nSPS) is 21.9. The molecule has 3 rings (SSSR count). The molecule has 152 valence electrons. The van der Waals surface area contributed by atoms with Crippen molar-refractivity contribution in [2.24, 2.45) is 5.92 Å². The Morgan fingerprint density at radius 1 is 0.852 bits per heavy atom. The Kier molecular flexibility index (Phi) is 9.71. The highest BCUT2D eigenvalue weighted by molar-refractivity contribution is 5.30. The van der Waals surface area contributed by atoms with Crippen molar-refractivity contribution in [2.45, 2.75) is 96.0 Å². The molecule has 1 saturated carbocycles. The van der Waals surface area contributed by atoms with E-state index in [1.54, 1.807) is 5.56 Å². The van der Waals surface area contributed by atoms with Crippen LogP contribution in [0.15, 0.2) is 24.3 Å². The molecule has 1 atom stereocenters. The highest BCUT2D eigenvalue weighted by Gasteiger charge is 2.18. The average molecular weight is 372 g/mol. The van der Waals surface area contributed by atoms with E-state index >= 15 is 0 Å². The summed E-state index contributed by atoms with van der Waals surface area (Å²) in [6.45, 7) is 4.21. The van der Waals surface area contributed by atoms with Crippen molar-refractivity contribution in [2.75, 3.05) is 19.7 Å². The van der Waals surface area contributed by atoms with Gasteiger partial charge in [-0.15, -0.1) is 0 Å². The van der Waals surface area contributed by atoms with Gasteiger partial charge in [0.1, 0.15) is 0 Å². The van der Waals surface area contributed by atoms with Gasteiger partial charge < -0.3 is 10.1 Å². The Labute approximate surface area is 167 Å². The van der Waals surface area contributed by atoms with Crippen molar-refractivity contribution < 1.29 is 4.74 Å². The first kappa shape index (κ1) is 20.9. The lowest BCUT2D eigenvalue weighted by atomic mass is 9.82. The highest BCUT2D eigenvalue weighted by Crippen LogP contribution is 2.34. The highest BCUT2D eigenvalue weighted by atomic mass is 16.5. The van der Waals surface area contributed by atoms with Gasteiger partial charge in [0.25, 0.3) is 0 Å². The molecule has 27 heavy (non-hydrogen) atoms. The number of ether oxygens (including phenoxy) is 1. The fourth-order valence-corrected chi connectivity index (χ4v) is 4.99. The van der Waals surface area contributed by atoms with Crippen LogP contribution in [0.25, 0.3) is 0 Å². The summed E-state index contributed by atoms with van der Waals surface area (Å²) in [5, 5.41) is 3.59. The SMILES string of the molecule is c1ccc(C2CCCCC2)c(COCCCCCCC2CCCCNC2)c1. The van der Waals surface area contributed by atoms with E-state index in [0.29, 0.717) is 0 Å². The second-order valence-electron chi connectivity index (χ2n) is 8.86. The van der Waals surface area contributed by atoms with Crippen LogP contribution in [-0.4, -0.2) is 19.7 Å². The molecule has 1 aliphatic carbocycles. The fourth-order valence-electron chi connectivity index (χ4n) is 4.99. The minimum absolute atomic E-state index is 0.775. The molecule has 1 heterocycles. The van der Waals surface area contributed by atoms with E-state index in [1.807, 2.05) is 0 Å². The summed E-state index contributed by atoms with van der Waals surface area (Å²) >= 11 is 0. The molecule has 1 N–H and O–H groups in total. The Balaban J connectivity index is 1.26. The number of rotatable bonds is 10. The third-order valence-electron chi connectivity index (χ3n) is 6.66. The molecule has 0 radical (unpaired) electrons. The van der Waals surface area contributed by atoms with Crippen LogP contribution in [0.5, 0.6) is 0 Å². The van der Waals surface area contributed by atoms with Crippen LogP contribution in [0.3, 0.4) is 0 Å². The van der Waals surface area contributed by atoms with Gasteiger partial charge in [0.2, 0.25) is 0 Å². The van der Waals surface area contributed by atoms with Gasteiger partial charge in [-0.1, -0.05) is 69.2 Å². The Morgan fingerprint density at radius 2 is 1.67 bits per heavy atom. The molecular weight excluding hydrogens is 330 g/mol. The lowest BCUT2D eigenvalue weighted by molar-refractivity contribution is 0.115. The zero-order valence-electron chi connectivity index (χ0n) is 17.4. The lowest BCUT2D eigenvalue weighted by Gasteiger charge is -2.24. The van der Waals surface area contributed by atoms with E-state index in [0.717, 1.165) is 25.0 Å². The minimum atomic E-state index is 0.775. The molecule has 0 aromatic heterocycles. The maximum absolute atomic E-state index is 6.05. The van der Waals surface area contributed by atoms with Crippen molar-refractivity contribution in [3.05, 3.63) is 35.4 Å². The van der Waals surface area contributed by atoms with Crippen molar-refractivity contribution >= 4 is 0 Å². The maximum Gasteiger partial charge on any atom is 0.0719 e. The summed E-state index contributed by atoms with van der Waals surface area (Å²) in [5.41, 5.74) is 3.00. The molecule has 2 nitrogen and oxygen atoms in total. The smallest absolute Gasteiger partial charge is 0.0719 e. The van der Waals surface area contributed by atoms with Gasteiger partial charge in [0, 0.05) is 6.61 Å². The van der Waals surface area contributed by atoms with Gasteiger partial charge in [0.15, 0.2) is 0 Å². The van der Waals surface area contributed by atoms with Crippen LogP contribution >= 0.6 is 0 Å². The van der Waals surface area contributed by atoms with Gasteiger partial charge in [-0.05, 0) is 74.6 Å². The summed E-state index contributed by atoms with van der Waals surface area (Å²) < 4.78 is 6.05. The Bertz CT molecular complexity index is 501. The first-order chi connectivity index (χ1) is 13.4. The van der Waals surface area contributed by atoms with Gasteiger partial charge >= 0.3 is 0 Å². The third kappa shape index (κ3) is 7.58. The van der Waals surface area contributed by atoms with Crippen LogP contribution in [0.1, 0.15) is 101 Å². The van der Waals surface area contributed by atoms with Crippen LogP contribution < -0.4 is 5.32 Å². The van der Waals surface area contributed by atoms with Crippen LogP contribution in [0.2, 0.25) is 0 Å². The maximum atomic E-state index is 6.05. The van der Waals surface area contributed by atoms with Crippen LogP contribution in [0.4, 0.5) is 0 Å². The van der Waals surface area contributed by atoms with Gasteiger partial charge in [-0.2, -0.15) is 0 Å². The monoisotopic (exact) mass is 371 g/mol. The molecule has 2 aliphatic rings. The number of benzene rings is 1. The van der Waals surface area contributed by atoms with E-state index in [4.69, 9.17) is 4.74 Å². The standard InChI is InChI=1S/C25H41NO/c1(4-12-22-13-9-10-18-26-20-22)2-11-19-27-21-24-16-7-8-17-25(24)23-14-5-3-6-15-23/h7-8,16-17,22-23,26H,1-6,9-15,18-21H2. The zero-order valence-corrected chi connectivity index (χ0v) is 17.4. The molecule has 0 amide bonds. The molecule has 1 aliphatic heterocycles. The van der Waals surface area contributed by atoms with Crippen molar-refractivity contribution in [1.29, 1.82) is 0 Å². The third-order valence-corrected chi connectivity index (χ3v) is 6.66. The fraction of sp³-hybridized carbons (Fsp3) is 0.760. The predicted octanol–water partition coefficient (Wildman–Crippen LogP) is 6.59. The van der Waals surface area contributed by atoms with E-state index in [-0.39, 0.29) is 0 Å². The van der Waals surface area contributed by atoms with Crippen molar-refractivity contribution in [3.8, 4) is 0 Å². The van der Waals surface area contributed by atoms with Crippen LogP contribution in [-0.2, 0) is 11.3 Å². The molecule has 0 bridgehead atoms. The Hall–Kier alpha value is -0.860. The minimum Gasteiger partial charge on any atom is -0.377 e. The quantitative estimate of drug-likeness (QED) is 0.468. The van der Waals surface area contributed by atoms with E-state index in [9.17, 15) is 0 Å². The topological polar surface area (TPSA) is 21.3 Å². The number of hydrogen-bond acceptors (Lipinski definition) is 2. The van der Waals surface area contributed by atoms with Crippen molar-refractivity contribution in [3.63, 3.8) is 0 Å². The zero-order chi connectivity index (χ0) is 18.6. The number of nitrogens with one attached hydrogen (secondary N) is 1. The lowest BCUT2D eigenvalue weighted by Crippen LogP contribution is -2.20. The predicted molar refractivity (Wildman–Crippen MR) is 115 cm³/mol. The summed E-state index contributed by atoms with van der Waals surface area (Å²) in [5.74, 6) is 1.71.